The summed E-state index contributed by atoms with van der Waals surface area (Å²) in [6.45, 7) is 0. The van der Waals surface area contributed by atoms with Crippen molar-refractivity contribution in [3.63, 3.8) is 0 Å². The van der Waals surface area contributed by atoms with Crippen LogP contribution in [0.5, 0.6) is 0 Å². The van der Waals surface area contributed by atoms with E-state index in [9.17, 15) is 4.79 Å². The average Bonchev–Trinajstić information content (AvgIpc) is 3.03. The number of hydrogen-bond acceptors (Lipinski definition) is 2. The zero-order chi connectivity index (χ0) is 12.7. The van der Waals surface area contributed by atoms with E-state index in [1.807, 2.05) is 18.2 Å². The lowest BCUT2D eigenvalue weighted by Crippen LogP contribution is -2.32. The van der Waals surface area contributed by atoms with Gasteiger partial charge in [-0.05, 0) is 43.2 Å². The molecule has 0 saturated heterocycles. The molecule has 3 heteroatoms. The molecule has 1 aromatic carbocycles. The predicted molar refractivity (Wildman–Crippen MR) is 68.9 cm³/mol. The Labute approximate surface area is 107 Å². The summed E-state index contributed by atoms with van der Waals surface area (Å²) in [6, 6.07) is 9.43. The van der Waals surface area contributed by atoms with Crippen LogP contribution in [0.3, 0.4) is 0 Å². The van der Waals surface area contributed by atoms with Gasteiger partial charge in [0.1, 0.15) is 6.07 Å². The van der Waals surface area contributed by atoms with Gasteiger partial charge in [0, 0.05) is 13.0 Å². The van der Waals surface area contributed by atoms with Gasteiger partial charge in [-0.15, -0.1) is 0 Å². The first-order valence-electron chi connectivity index (χ1n) is 6.47. The zero-order valence-corrected chi connectivity index (χ0v) is 10.5. The van der Waals surface area contributed by atoms with E-state index in [4.69, 9.17) is 5.26 Å². The van der Waals surface area contributed by atoms with E-state index in [2.05, 4.69) is 6.07 Å². The number of fused-ring (bicyclic) bond motifs is 1. The molecule has 18 heavy (non-hydrogen) atoms. The molecule has 3 nitrogen and oxygen atoms in total. The number of para-hydroxylation sites is 1. The second kappa shape index (κ2) is 4.13. The molecule has 1 aromatic rings. The molecule has 0 heterocycles. The molecule has 0 N–H and O–H groups in total. The molecule has 92 valence electrons. The highest BCUT2D eigenvalue weighted by atomic mass is 16.2. The third-order valence-corrected chi connectivity index (χ3v) is 4.31. The summed E-state index contributed by atoms with van der Waals surface area (Å²) >= 11 is 0. The lowest BCUT2D eigenvalue weighted by molar-refractivity contribution is -0.122. The standard InChI is InChI=1S/C15H16N2O/c1-17(14-5-3-2-4-10(14)9-16)15(18)13-7-11-6-12(11)8-13/h2-5,11-13H,6-8H2,1H3. The molecule has 2 aliphatic carbocycles. The van der Waals surface area contributed by atoms with E-state index in [0.717, 1.165) is 30.4 Å². The summed E-state index contributed by atoms with van der Waals surface area (Å²) in [6.07, 6.45) is 3.41. The fourth-order valence-electron chi connectivity index (χ4n) is 3.17. The van der Waals surface area contributed by atoms with Crippen LogP contribution in [0.2, 0.25) is 0 Å². The molecule has 2 fully saturated rings. The number of nitriles is 1. The Morgan fingerprint density at radius 2 is 1.94 bits per heavy atom. The lowest BCUT2D eigenvalue weighted by atomic mass is 10.0. The van der Waals surface area contributed by atoms with Crippen LogP contribution in [0, 0.1) is 29.1 Å². The summed E-state index contributed by atoms with van der Waals surface area (Å²) < 4.78 is 0. The highest BCUT2D eigenvalue weighted by molar-refractivity contribution is 5.96. The molecule has 2 aliphatic rings. The van der Waals surface area contributed by atoms with Crippen molar-refractivity contribution < 1.29 is 4.79 Å². The number of benzene rings is 1. The van der Waals surface area contributed by atoms with Crippen molar-refractivity contribution in [2.45, 2.75) is 19.3 Å². The van der Waals surface area contributed by atoms with Crippen molar-refractivity contribution in [2.75, 3.05) is 11.9 Å². The minimum absolute atomic E-state index is 0.171. The van der Waals surface area contributed by atoms with Gasteiger partial charge in [-0.25, -0.2) is 0 Å². The SMILES string of the molecule is CN(C(=O)C1CC2CC2C1)c1ccccc1C#N. The van der Waals surface area contributed by atoms with Gasteiger partial charge in [0.05, 0.1) is 11.3 Å². The van der Waals surface area contributed by atoms with E-state index in [1.165, 1.54) is 6.42 Å². The molecule has 2 unspecified atom stereocenters. The monoisotopic (exact) mass is 240 g/mol. The molecule has 2 atom stereocenters. The third-order valence-electron chi connectivity index (χ3n) is 4.31. The van der Waals surface area contributed by atoms with Crippen molar-refractivity contribution in [1.82, 2.24) is 0 Å². The van der Waals surface area contributed by atoms with Gasteiger partial charge in [0.15, 0.2) is 0 Å². The molecule has 0 bridgehead atoms. The summed E-state index contributed by atoms with van der Waals surface area (Å²) in [5.41, 5.74) is 1.29. The smallest absolute Gasteiger partial charge is 0.229 e. The minimum atomic E-state index is 0.171. The van der Waals surface area contributed by atoms with Gasteiger partial charge < -0.3 is 4.90 Å². The molecule has 0 aromatic heterocycles. The number of hydrogen-bond donors (Lipinski definition) is 0. The number of amides is 1. The van der Waals surface area contributed by atoms with Crippen molar-refractivity contribution in [2.24, 2.45) is 17.8 Å². The fraction of sp³-hybridized carbons (Fsp3) is 0.467. The fourth-order valence-corrected chi connectivity index (χ4v) is 3.17. The van der Waals surface area contributed by atoms with E-state index >= 15 is 0 Å². The summed E-state index contributed by atoms with van der Waals surface area (Å²) in [4.78, 5) is 14.1. The molecular weight excluding hydrogens is 224 g/mol. The van der Waals surface area contributed by atoms with Crippen molar-refractivity contribution >= 4 is 11.6 Å². The largest absolute Gasteiger partial charge is 0.314 e. The van der Waals surface area contributed by atoms with Gasteiger partial charge in [0.2, 0.25) is 5.91 Å². The van der Waals surface area contributed by atoms with Crippen LogP contribution in [-0.2, 0) is 4.79 Å². The van der Waals surface area contributed by atoms with Crippen LogP contribution in [0.25, 0.3) is 0 Å². The Hall–Kier alpha value is -1.82. The third kappa shape index (κ3) is 1.78. The maximum atomic E-state index is 12.4. The lowest BCUT2D eigenvalue weighted by Gasteiger charge is -2.22. The van der Waals surface area contributed by atoms with E-state index in [-0.39, 0.29) is 11.8 Å². The Kier molecular flexibility index (Phi) is 2.59. The molecule has 2 saturated carbocycles. The normalized spacial score (nSPS) is 28.3. The van der Waals surface area contributed by atoms with Crippen LogP contribution < -0.4 is 4.90 Å². The molecule has 0 spiro atoms. The van der Waals surface area contributed by atoms with Gasteiger partial charge >= 0.3 is 0 Å². The molecular formula is C15H16N2O. The zero-order valence-electron chi connectivity index (χ0n) is 10.5. The number of nitrogens with zero attached hydrogens (tertiary/aromatic N) is 2. The maximum absolute atomic E-state index is 12.4. The van der Waals surface area contributed by atoms with Crippen molar-refractivity contribution in [1.29, 1.82) is 5.26 Å². The number of rotatable bonds is 2. The molecule has 0 radical (unpaired) electrons. The quantitative estimate of drug-likeness (QED) is 0.797. The maximum Gasteiger partial charge on any atom is 0.229 e. The second-order valence-corrected chi connectivity index (χ2v) is 5.45. The first-order chi connectivity index (χ1) is 8.70. The number of anilines is 1. The van der Waals surface area contributed by atoms with Crippen LogP contribution >= 0.6 is 0 Å². The topological polar surface area (TPSA) is 44.1 Å². The van der Waals surface area contributed by atoms with E-state index in [1.54, 1.807) is 18.0 Å². The number of carbonyl (C=O) groups excluding carboxylic acids is 1. The average molecular weight is 240 g/mol. The van der Waals surface area contributed by atoms with Crippen LogP contribution in [0.4, 0.5) is 5.69 Å². The van der Waals surface area contributed by atoms with E-state index in [0.29, 0.717) is 5.56 Å². The minimum Gasteiger partial charge on any atom is -0.314 e. The summed E-state index contributed by atoms with van der Waals surface area (Å²) in [7, 11) is 1.78. The summed E-state index contributed by atoms with van der Waals surface area (Å²) in [5, 5.41) is 9.08. The van der Waals surface area contributed by atoms with Crippen LogP contribution in [-0.4, -0.2) is 13.0 Å². The highest BCUT2D eigenvalue weighted by Gasteiger charge is 2.48. The van der Waals surface area contributed by atoms with Gasteiger partial charge in [0.25, 0.3) is 0 Å². The molecule has 0 aliphatic heterocycles. The summed E-state index contributed by atoms with van der Waals surface area (Å²) in [5.74, 6) is 1.95. The van der Waals surface area contributed by atoms with Crippen LogP contribution in [0.1, 0.15) is 24.8 Å². The number of carbonyl (C=O) groups is 1. The first kappa shape index (κ1) is 11.3. The van der Waals surface area contributed by atoms with Gasteiger partial charge in [-0.1, -0.05) is 12.1 Å². The Morgan fingerprint density at radius 3 is 2.61 bits per heavy atom. The van der Waals surface area contributed by atoms with Gasteiger partial charge in [-0.3, -0.25) is 4.79 Å². The Bertz CT molecular complexity index is 522. The predicted octanol–water partition coefficient (Wildman–Crippen LogP) is 2.57. The Morgan fingerprint density at radius 1 is 1.28 bits per heavy atom. The first-order valence-corrected chi connectivity index (χ1v) is 6.47. The van der Waals surface area contributed by atoms with E-state index < -0.39 is 0 Å². The molecule has 1 amide bonds. The van der Waals surface area contributed by atoms with Crippen LogP contribution in [0.15, 0.2) is 24.3 Å². The van der Waals surface area contributed by atoms with Crippen molar-refractivity contribution in [3.8, 4) is 6.07 Å². The second-order valence-electron chi connectivity index (χ2n) is 5.45. The molecule has 3 rings (SSSR count). The Balaban J connectivity index is 1.79. The van der Waals surface area contributed by atoms with Gasteiger partial charge in [-0.2, -0.15) is 5.26 Å². The van der Waals surface area contributed by atoms with Crippen molar-refractivity contribution in [3.05, 3.63) is 29.8 Å². The highest BCUT2D eigenvalue weighted by Crippen LogP contribution is 2.54.